The summed E-state index contributed by atoms with van der Waals surface area (Å²) in [5.41, 5.74) is 3.84. The molecule has 7 heteroatoms. The number of halogens is 3. The highest BCUT2D eigenvalue weighted by Gasteiger charge is 2.30. The van der Waals surface area contributed by atoms with Crippen LogP contribution in [0.1, 0.15) is 32.6 Å². The molecular formula is C27H23F3N2OS. The van der Waals surface area contributed by atoms with Gasteiger partial charge in [0.2, 0.25) is 0 Å². The van der Waals surface area contributed by atoms with Crippen LogP contribution in [0.2, 0.25) is 0 Å². The van der Waals surface area contributed by atoms with Gasteiger partial charge in [0.05, 0.1) is 16.6 Å². The van der Waals surface area contributed by atoms with E-state index in [0.29, 0.717) is 39.2 Å². The van der Waals surface area contributed by atoms with E-state index in [1.54, 1.807) is 24.4 Å². The van der Waals surface area contributed by atoms with Crippen molar-refractivity contribution in [3.05, 3.63) is 101 Å². The largest absolute Gasteiger partial charge is 0.416 e. The number of benzene rings is 3. The van der Waals surface area contributed by atoms with Crippen LogP contribution in [-0.2, 0) is 12.6 Å². The number of aromatic nitrogens is 1. The Balaban J connectivity index is 1.61. The predicted molar refractivity (Wildman–Crippen MR) is 129 cm³/mol. The standard InChI is InChI=1S/C27H23F3N2OS/c1-17-10-11-19(18(2)14-17)12-13-31-26(33)25-22-8-3-4-9-23(22)32-16-24(25)34-21-7-5-6-20(15-21)27(28,29)30/h3-11,14-16H,12-13H2,1-2H3,(H,31,33). The van der Waals surface area contributed by atoms with E-state index in [4.69, 9.17) is 0 Å². The molecule has 0 aliphatic heterocycles. The average molecular weight is 481 g/mol. The van der Waals surface area contributed by atoms with Gasteiger partial charge in [-0.25, -0.2) is 0 Å². The number of carbonyl (C=O) groups excluding carboxylic acids is 1. The minimum absolute atomic E-state index is 0.280. The second-order valence-corrected chi connectivity index (χ2v) is 9.19. The van der Waals surface area contributed by atoms with Gasteiger partial charge in [-0.3, -0.25) is 9.78 Å². The Labute approximate surface area is 200 Å². The molecule has 1 heterocycles. The fourth-order valence-electron chi connectivity index (χ4n) is 3.82. The lowest BCUT2D eigenvalue weighted by atomic mass is 10.0. The number of amides is 1. The Morgan fingerprint density at radius 2 is 1.79 bits per heavy atom. The summed E-state index contributed by atoms with van der Waals surface area (Å²) < 4.78 is 39.5. The molecule has 0 unspecified atom stereocenters. The molecule has 3 nitrogen and oxygen atoms in total. The maximum Gasteiger partial charge on any atom is 0.416 e. The summed E-state index contributed by atoms with van der Waals surface area (Å²) in [4.78, 5) is 18.6. The van der Waals surface area contributed by atoms with E-state index in [1.165, 1.54) is 17.2 Å². The number of carbonyl (C=O) groups is 1. The summed E-state index contributed by atoms with van der Waals surface area (Å²) >= 11 is 1.10. The smallest absolute Gasteiger partial charge is 0.352 e. The van der Waals surface area contributed by atoms with Crippen molar-refractivity contribution >= 4 is 28.6 Å². The fraction of sp³-hybridized carbons (Fsp3) is 0.185. The van der Waals surface area contributed by atoms with Crippen LogP contribution in [0.5, 0.6) is 0 Å². The number of hydrogen-bond acceptors (Lipinski definition) is 3. The van der Waals surface area contributed by atoms with E-state index in [9.17, 15) is 18.0 Å². The molecule has 1 amide bonds. The Morgan fingerprint density at radius 1 is 1.00 bits per heavy atom. The number of para-hydroxylation sites is 1. The molecule has 34 heavy (non-hydrogen) atoms. The van der Waals surface area contributed by atoms with Crippen LogP contribution in [0.4, 0.5) is 13.2 Å². The third-order valence-corrected chi connectivity index (χ3v) is 6.55. The lowest BCUT2D eigenvalue weighted by Gasteiger charge is -2.14. The van der Waals surface area contributed by atoms with Crippen molar-refractivity contribution in [2.45, 2.75) is 36.2 Å². The number of rotatable bonds is 6. The quantitative estimate of drug-likeness (QED) is 0.323. The number of hydrogen-bond donors (Lipinski definition) is 1. The summed E-state index contributed by atoms with van der Waals surface area (Å²) in [6, 6.07) is 18.5. The zero-order chi connectivity index (χ0) is 24.3. The highest BCUT2D eigenvalue weighted by atomic mass is 32.2. The van der Waals surface area contributed by atoms with Gasteiger partial charge < -0.3 is 5.32 Å². The van der Waals surface area contributed by atoms with Crippen molar-refractivity contribution in [1.29, 1.82) is 0 Å². The molecule has 0 bridgehead atoms. The first-order chi connectivity index (χ1) is 16.2. The van der Waals surface area contributed by atoms with E-state index >= 15 is 0 Å². The molecular weight excluding hydrogens is 457 g/mol. The normalized spacial score (nSPS) is 11.6. The second kappa shape index (κ2) is 9.89. The molecule has 4 aromatic rings. The molecule has 0 saturated heterocycles. The second-order valence-electron chi connectivity index (χ2n) is 8.08. The van der Waals surface area contributed by atoms with Gasteiger partial charge in [0.1, 0.15) is 0 Å². The number of nitrogens with zero attached hydrogens (tertiary/aromatic N) is 1. The van der Waals surface area contributed by atoms with Gasteiger partial charge in [-0.2, -0.15) is 13.2 Å². The maximum atomic E-state index is 13.3. The Hall–Kier alpha value is -3.32. The van der Waals surface area contributed by atoms with Crippen LogP contribution in [0.3, 0.4) is 0 Å². The first-order valence-corrected chi connectivity index (χ1v) is 11.6. The molecule has 3 aromatic carbocycles. The number of nitrogens with one attached hydrogen (secondary N) is 1. The maximum absolute atomic E-state index is 13.3. The molecule has 0 fully saturated rings. The van der Waals surface area contributed by atoms with Gasteiger partial charge in [-0.1, -0.05) is 59.8 Å². The lowest BCUT2D eigenvalue weighted by Crippen LogP contribution is -2.26. The molecule has 174 valence electrons. The summed E-state index contributed by atoms with van der Waals surface area (Å²) in [6.07, 6.45) is -2.21. The minimum atomic E-state index is -4.44. The molecule has 1 N–H and O–H groups in total. The van der Waals surface area contributed by atoms with Crippen LogP contribution in [0, 0.1) is 13.8 Å². The van der Waals surface area contributed by atoms with Gasteiger partial charge in [0.15, 0.2) is 0 Å². The molecule has 0 spiro atoms. The topological polar surface area (TPSA) is 42.0 Å². The SMILES string of the molecule is Cc1ccc(CCNC(=O)c2c(Sc3cccc(C(F)(F)F)c3)cnc3ccccc23)c(C)c1. The van der Waals surface area contributed by atoms with Gasteiger partial charge in [0.25, 0.3) is 5.91 Å². The zero-order valence-corrected chi connectivity index (χ0v) is 19.6. The van der Waals surface area contributed by atoms with E-state index in [0.717, 1.165) is 29.5 Å². The van der Waals surface area contributed by atoms with Crippen LogP contribution >= 0.6 is 11.8 Å². The average Bonchev–Trinajstić information content (AvgIpc) is 2.80. The van der Waals surface area contributed by atoms with Gasteiger partial charge >= 0.3 is 6.18 Å². The van der Waals surface area contributed by atoms with Crippen molar-refractivity contribution in [2.75, 3.05) is 6.54 Å². The first kappa shape index (κ1) is 23.8. The fourth-order valence-corrected chi connectivity index (χ4v) is 4.82. The van der Waals surface area contributed by atoms with Crippen molar-refractivity contribution in [3.63, 3.8) is 0 Å². The molecule has 1 aromatic heterocycles. The summed E-state index contributed by atoms with van der Waals surface area (Å²) in [5.74, 6) is -0.280. The molecule has 0 radical (unpaired) electrons. The van der Waals surface area contributed by atoms with Crippen molar-refractivity contribution in [1.82, 2.24) is 10.3 Å². The van der Waals surface area contributed by atoms with Crippen LogP contribution in [0.25, 0.3) is 10.9 Å². The third-order valence-electron chi connectivity index (χ3n) is 5.53. The Kier molecular flexibility index (Phi) is 6.93. The summed E-state index contributed by atoms with van der Waals surface area (Å²) in [5, 5.41) is 3.64. The molecule has 0 saturated carbocycles. The summed E-state index contributed by atoms with van der Waals surface area (Å²) in [7, 11) is 0. The third kappa shape index (κ3) is 5.42. The predicted octanol–water partition coefficient (Wildman–Crippen LogP) is 6.99. The van der Waals surface area contributed by atoms with Gasteiger partial charge in [-0.05, 0) is 55.7 Å². The van der Waals surface area contributed by atoms with E-state index < -0.39 is 11.7 Å². The van der Waals surface area contributed by atoms with Crippen LogP contribution in [0.15, 0.2) is 82.7 Å². The molecule has 4 rings (SSSR count). The number of fused-ring (bicyclic) bond motifs is 1. The Morgan fingerprint density at radius 3 is 2.56 bits per heavy atom. The van der Waals surface area contributed by atoms with E-state index in [-0.39, 0.29) is 5.91 Å². The number of aryl methyl sites for hydroxylation is 2. The van der Waals surface area contributed by atoms with Crippen molar-refractivity contribution < 1.29 is 18.0 Å². The minimum Gasteiger partial charge on any atom is -0.352 e. The molecule has 0 atom stereocenters. The Bertz CT molecular complexity index is 1350. The number of pyridine rings is 1. The van der Waals surface area contributed by atoms with E-state index in [1.807, 2.05) is 32.0 Å². The number of alkyl halides is 3. The first-order valence-electron chi connectivity index (χ1n) is 10.8. The highest BCUT2D eigenvalue weighted by molar-refractivity contribution is 7.99. The van der Waals surface area contributed by atoms with Gasteiger partial charge in [0, 0.05) is 27.9 Å². The zero-order valence-electron chi connectivity index (χ0n) is 18.7. The molecule has 0 aliphatic rings. The van der Waals surface area contributed by atoms with Crippen LogP contribution in [-0.4, -0.2) is 17.4 Å². The van der Waals surface area contributed by atoms with Crippen molar-refractivity contribution in [2.24, 2.45) is 0 Å². The highest BCUT2D eigenvalue weighted by Crippen LogP contribution is 2.37. The monoisotopic (exact) mass is 480 g/mol. The van der Waals surface area contributed by atoms with E-state index in [2.05, 4.69) is 22.4 Å². The van der Waals surface area contributed by atoms with Gasteiger partial charge in [-0.15, -0.1) is 0 Å². The lowest BCUT2D eigenvalue weighted by molar-refractivity contribution is -0.137. The van der Waals surface area contributed by atoms with Crippen LogP contribution < -0.4 is 5.32 Å². The van der Waals surface area contributed by atoms with Crippen molar-refractivity contribution in [3.8, 4) is 0 Å². The summed E-state index contributed by atoms with van der Waals surface area (Å²) in [6.45, 7) is 4.52. The molecule has 0 aliphatic carbocycles.